The Morgan fingerprint density at radius 1 is 1.09 bits per heavy atom. The second kappa shape index (κ2) is 13.0. The van der Waals surface area contributed by atoms with Crippen LogP contribution in [0.15, 0.2) is 51.2 Å². The summed E-state index contributed by atoms with van der Waals surface area (Å²) in [5, 5.41) is 4.22. The van der Waals surface area contributed by atoms with Gasteiger partial charge in [0, 0.05) is 49.9 Å². The van der Waals surface area contributed by atoms with Crippen molar-refractivity contribution in [2.75, 3.05) is 50.7 Å². The molecular weight excluding hydrogens is 562 g/mol. The maximum atomic E-state index is 13.4. The highest BCUT2D eigenvalue weighted by Gasteiger charge is 2.38. The Kier molecular flexibility index (Phi) is 9.31. The van der Waals surface area contributed by atoms with Crippen molar-refractivity contribution in [1.29, 1.82) is 0 Å². The largest absolute Gasteiger partial charge is 0.369 e. The van der Waals surface area contributed by atoms with E-state index in [1.54, 1.807) is 12.1 Å². The molecule has 2 saturated heterocycles. The minimum atomic E-state index is -1.72. The third kappa shape index (κ3) is 6.52. The van der Waals surface area contributed by atoms with Crippen molar-refractivity contribution in [3.05, 3.63) is 63.7 Å². The first kappa shape index (κ1) is 30.9. The molecule has 1 aromatic heterocycles. The van der Waals surface area contributed by atoms with Gasteiger partial charge >= 0.3 is 0 Å². The predicted molar refractivity (Wildman–Crippen MR) is 173 cm³/mol. The number of H-pyrrole nitrogens is 1. The van der Waals surface area contributed by atoms with Gasteiger partial charge < -0.3 is 20.6 Å². The van der Waals surface area contributed by atoms with Gasteiger partial charge in [0.2, 0.25) is 5.91 Å². The zero-order chi connectivity index (χ0) is 30.7. The van der Waals surface area contributed by atoms with Crippen LogP contribution in [0.2, 0.25) is 0 Å². The monoisotopic (exact) mass is 605 g/mol. The van der Waals surface area contributed by atoms with Crippen molar-refractivity contribution >= 4 is 38.3 Å². The lowest BCUT2D eigenvalue weighted by molar-refractivity contribution is -0.131. The van der Waals surface area contributed by atoms with Gasteiger partial charge in [-0.05, 0) is 68.4 Å². The van der Waals surface area contributed by atoms with Crippen LogP contribution in [0.3, 0.4) is 0 Å². The first-order valence-corrected chi connectivity index (χ1v) is 16.4. The van der Waals surface area contributed by atoms with Gasteiger partial charge in [0.25, 0.3) is 5.56 Å². The molecule has 0 spiro atoms. The molecule has 1 amide bonds. The summed E-state index contributed by atoms with van der Waals surface area (Å²) in [6, 6.07) is 11.2. The number of hydrogen-bond acceptors (Lipinski definition) is 8. The quantitative estimate of drug-likeness (QED) is 0.174. The zero-order valence-electron chi connectivity index (χ0n) is 25.7. The molecule has 2 unspecified atom stereocenters. The number of likely N-dealkylation sites (tertiary alicyclic amines) is 1. The fourth-order valence-corrected chi connectivity index (χ4v) is 7.66. The number of nitrogens with one attached hydrogen (secondary N) is 1. The molecule has 2 aromatic carbocycles. The average molecular weight is 606 g/mol. The highest BCUT2D eigenvalue weighted by molar-refractivity contribution is 8.01. The van der Waals surface area contributed by atoms with E-state index in [0.29, 0.717) is 27.8 Å². The van der Waals surface area contributed by atoms with E-state index in [-0.39, 0.29) is 22.3 Å². The number of nitrogens with zero attached hydrogens (tertiary/aromatic N) is 5. The van der Waals surface area contributed by atoms with E-state index in [1.165, 1.54) is 6.42 Å². The fourth-order valence-electron chi connectivity index (χ4n) is 6.54. The Morgan fingerprint density at radius 2 is 1.86 bits per heavy atom. The topological polar surface area (TPSA) is 128 Å². The van der Waals surface area contributed by atoms with Crippen LogP contribution in [-0.4, -0.2) is 80.7 Å². The normalized spacial score (nSPS) is 20.6. The number of aromatic nitrogens is 2. The second-order valence-electron chi connectivity index (χ2n) is 12.0. The number of hydrogen-bond donors (Lipinski definition) is 2. The number of rotatable bonds is 8. The Balaban J connectivity index is 1.27. The van der Waals surface area contributed by atoms with Crippen LogP contribution in [0.25, 0.3) is 10.9 Å². The van der Waals surface area contributed by atoms with E-state index in [9.17, 15) is 13.8 Å². The molecule has 10 nitrogen and oxygen atoms in total. The van der Waals surface area contributed by atoms with E-state index in [1.807, 2.05) is 38.1 Å². The Morgan fingerprint density at radius 3 is 2.53 bits per heavy atom. The standard InChI is InChI=1S/C32H43N7O3S/c1-5-11-32(6-2)12-13-39(21-32)28(40)20-37-14-16-38(17-15-37)24-8-9-25-26(19-24)34-29(35-30(25)41)31(36-33)43(42)27-10-7-22(3)18-23(27)4/h7-10,18-19H,5-6,11-17,20-21,33H2,1-4H3,(H,34,35,41)/b36-31+. The van der Waals surface area contributed by atoms with Gasteiger partial charge in [-0.2, -0.15) is 5.10 Å². The van der Waals surface area contributed by atoms with Crippen molar-refractivity contribution in [2.45, 2.75) is 58.3 Å². The predicted octanol–water partition coefficient (Wildman–Crippen LogP) is 3.52. The van der Waals surface area contributed by atoms with Crippen molar-refractivity contribution < 1.29 is 9.00 Å². The fraction of sp³-hybridized carbons (Fsp3) is 0.500. The Bertz CT molecular complexity index is 1610. The zero-order valence-corrected chi connectivity index (χ0v) is 26.5. The first-order chi connectivity index (χ1) is 20.7. The number of hydrazone groups is 1. The maximum Gasteiger partial charge on any atom is 0.259 e. The number of piperazine rings is 1. The number of amides is 1. The number of carbonyl (C=O) groups is 1. The SMILES string of the molecule is CCCC1(CC)CCN(C(=O)CN2CCN(c3ccc4c(=O)[nH]c(/C(=N\N)S(=O)c5ccc(C)cc5C)nc4c3)CC2)C1. The molecule has 43 heavy (non-hydrogen) atoms. The molecular formula is C32H43N7O3S. The highest BCUT2D eigenvalue weighted by Crippen LogP contribution is 2.38. The summed E-state index contributed by atoms with van der Waals surface area (Å²) in [5.74, 6) is 6.00. The van der Waals surface area contributed by atoms with E-state index in [2.05, 4.69) is 43.6 Å². The minimum absolute atomic E-state index is 0.0125. The van der Waals surface area contributed by atoms with Gasteiger partial charge in [-0.25, -0.2) is 9.19 Å². The first-order valence-electron chi connectivity index (χ1n) is 15.2. The van der Waals surface area contributed by atoms with Crippen molar-refractivity contribution in [2.24, 2.45) is 16.4 Å². The van der Waals surface area contributed by atoms with Gasteiger partial charge in [0.15, 0.2) is 10.9 Å². The van der Waals surface area contributed by atoms with Crippen LogP contribution in [0.5, 0.6) is 0 Å². The molecule has 3 N–H and O–H groups in total. The lowest BCUT2D eigenvalue weighted by Gasteiger charge is -2.36. The maximum absolute atomic E-state index is 13.4. The Labute approximate surface area is 255 Å². The molecule has 3 aromatic rings. The summed E-state index contributed by atoms with van der Waals surface area (Å²) in [6.45, 7) is 13.6. The molecule has 0 radical (unpaired) electrons. The lowest BCUT2D eigenvalue weighted by Crippen LogP contribution is -2.50. The number of aromatic amines is 1. The summed E-state index contributed by atoms with van der Waals surface area (Å²) in [4.78, 5) is 40.6. The van der Waals surface area contributed by atoms with Gasteiger partial charge in [-0.3, -0.25) is 14.5 Å². The number of carbonyl (C=O) groups excluding carboxylic acids is 1. The van der Waals surface area contributed by atoms with Crippen LogP contribution in [0.1, 0.15) is 56.5 Å². The van der Waals surface area contributed by atoms with Crippen LogP contribution in [-0.2, 0) is 15.6 Å². The molecule has 3 heterocycles. The van der Waals surface area contributed by atoms with Gasteiger partial charge in [0.1, 0.15) is 10.8 Å². The van der Waals surface area contributed by atoms with E-state index in [4.69, 9.17) is 5.84 Å². The minimum Gasteiger partial charge on any atom is -0.369 e. The van der Waals surface area contributed by atoms with Gasteiger partial charge in [-0.1, -0.05) is 38.0 Å². The number of nitrogens with two attached hydrogens (primary N) is 1. The third-order valence-electron chi connectivity index (χ3n) is 9.13. The highest BCUT2D eigenvalue weighted by atomic mass is 32.2. The van der Waals surface area contributed by atoms with Gasteiger partial charge in [0.05, 0.1) is 17.4 Å². The van der Waals surface area contributed by atoms with E-state index < -0.39 is 10.8 Å². The molecule has 0 saturated carbocycles. The average Bonchev–Trinajstić information content (AvgIpc) is 3.42. The van der Waals surface area contributed by atoms with Crippen molar-refractivity contribution in [3.63, 3.8) is 0 Å². The summed E-state index contributed by atoms with van der Waals surface area (Å²) < 4.78 is 13.4. The molecule has 2 aliphatic rings. The lowest BCUT2D eigenvalue weighted by atomic mass is 9.80. The number of anilines is 1. The smallest absolute Gasteiger partial charge is 0.259 e. The third-order valence-corrected chi connectivity index (χ3v) is 10.6. The molecule has 11 heteroatoms. The molecule has 5 rings (SSSR count). The van der Waals surface area contributed by atoms with E-state index >= 15 is 0 Å². The molecule has 2 atom stereocenters. The van der Waals surface area contributed by atoms with E-state index in [0.717, 1.165) is 75.3 Å². The van der Waals surface area contributed by atoms with Crippen LogP contribution in [0, 0.1) is 19.3 Å². The second-order valence-corrected chi connectivity index (χ2v) is 13.4. The van der Waals surface area contributed by atoms with Crippen LogP contribution < -0.4 is 16.3 Å². The molecule has 2 fully saturated rings. The number of benzene rings is 2. The number of aryl methyl sites for hydroxylation is 2. The summed E-state index contributed by atoms with van der Waals surface area (Å²) in [7, 11) is -1.72. The van der Waals surface area contributed by atoms with Crippen molar-refractivity contribution in [1.82, 2.24) is 19.8 Å². The van der Waals surface area contributed by atoms with Crippen LogP contribution in [0.4, 0.5) is 5.69 Å². The summed E-state index contributed by atoms with van der Waals surface area (Å²) >= 11 is 0. The van der Waals surface area contributed by atoms with Crippen LogP contribution >= 0.6 is 0 Å². The summed E-state index contributed by atoms with van der Waals surface area (Å²) in [5.41, 5.74) is 3.27. The van der Waals surface area contributed by atoms with Crippen molar-refractivity contribution in [3.8, 4) is 0 Å². The Hall–Kier alpha value is -3.57. The number of fused-ring (bicyclic) bond motifs is 1. The molecule has 0 aliphatic carbocycles. The summed E-state index contributed by atoms with van der Waals surface area (Å²) in [6.07, 6.45) is 4.58. The molecule has 0 bridgehead atoms. The molecule has 2 aliphatic heterocycles. The van der Waals surface area contributed by atoms with Gasteiger partial charge in [-0.15, -0.1) is 0 Å². The molecule has 230 valence electrons.